The number of nitrogens with zero attached hydrogens (tertiary/aromatic N) is 2. The number of nitriles is 1. The zero-order valence-electron chi connectivity index (χ0n) is 14.3. The Morgan fingerprint density at radius 2 is 2.00 bits per heavy atom. The van der Waals surface area contributed by atoms with Crippen molar-refractivity contribution in [2.75, 3.05) is 13.7 Å². The second kappa shape index (κ2) is 10.1. The van der Waals surface area contributed by atoms with E-state index in [0.717, 1.165) is 5.56 Å². The van der Waals surface area contributed by atoms with Crippen LogP contribution in [0, 0.1) is 11.3 Å². The molecule has 0 aliphatic carbocycles. The molecule has 0 unspecified atom stereocenters. The zero-order chi connectivity index (χ0) is 17.9. The number of amides is 1. The first kappa shape index (κ1) is 19.2. The predicted octanol–water partition coefficient (Wildman–Crippen LogP) is 1.98. The third kappa shape index (κ3) is 6.13. The van der Waals surface area contributed by atoms with Gasteiger partial charge < -0.3 is 15.0 Å². The van der Waals surface area contributed by atoms with Gasteiger partial charge in [-0.05, 0) is 19.4 Å². The predicted molar refractivity (Wildman–Crippen MR) is 90.5 cm³/mol. The largest absolute Gasteiger partial charge is 0.469 e. The van der Waals surface area contributed by atoms with Crippen LogP contribution in [-0.4, -0.2) is 36.5 Å². The minimum Gasteiger partial charge on any atom is -0.469 e. The molecule has 128 valence electrons. The van der Waals surface area contributed by atoms with E-state index in [1.54, 1.807) is 4.90 Å². The number of carbonyl (C=O) groups is 2. The van der Waals surface area contributed by atoms with Crippen molar-refractivity contribution < 1.29 is 14.3 Å². The van der Waals surface area contributed by atoms with Crippen LogP contribution in [-0.2, 0) is 20.9 Å². The highest BCUT2D eigenvalue weighted by molar-refractivity contribution is 5.97. The molecule has 24 heavy (non-hydrogen) atoms. The summed E-state index contributed by atoms with van der Waals surface area (Å²) in [6, 6.07) is 11.5. The summed E-state index contributed by atoms with van der Waals surface area (Å²) < 4.78 is 4.53. The molecule has 0 fully saturated rings. The summed E-state index contributed by atoms with van der Waals surface area (Å²) in [7, 11) is 1.31. The highest BCUT2D eigenvalue weighted by atomic mass is 16.5. The molecule has 0 radical (unpaired) electrons. The lowest BCUT2D eigenvalue weighted by Crippen LogP contribution is -2.37. The van der Waals surface area contributed by atoms with E-state index < -0.39 is 0 Å². The zero-order valence-corrected chi connectivity index (χ0v) is 14.3. The minimum atomic E-state index is -0.353. The van der Waals surface area contributed by atoms with Gasteiger partial charge in [0.05, 0.1) is 13.5 Å². The van der Waals surface area contributed by atoms with Gasteiger partial charge in [-0.1, -0.05) is 30.3 Å². The third-order valence-corrected chi connectivity index (χ3v) is 3.38. The van der Waals surface area contributed by atoms with E-state index in [1.165, 1.54) is 13.3 Å². The van der Waals surface area contributed by atoms with Crippen LogP contribution in [0.5, 0.6) is 0 Å². The molecule has 1 amide bonds. The number of carbonyl (C=O) groups excluding carboxylic acids is 2. The molecule has 6 heteroatoms. The van der Waals surface area contributed by atoms with Gasteiger partial charge in [0.15, 0.2) is 0 Å². The fraction of sp³-hybridized carbons (Fsp3) is 0.389. The van der Waals surface area contributed by atoms with Crippen LogP contribution in [0.3, 0.4) is 0 Å². The van der Waals surface area contributed by atoms with Crippen LogP contribution < -0.4 is 5.32 Å². The summed E-state index contributed by atoms with van der Waals surface area (Å²) in [5.74, 6) is -0.699. The average Bonchev–Trinajstić information content (AvgIpc) is 2.59. The molecule has 1 rings (SSSR count). The topological polar surface area (TPSA) is 82.4 Å². The number of hydrogen-bond donors (Lipinski definition) is 1. The van der Waals surface area contributed by atoms with E-state index >= 15 is 0 Å². The van der Waals surface area contributed by atoms with Gasteiger partial charge in [-0.15, -0.1) is 0 Å². The van der Waals surface area contributed by atoms with Gasteiger partial charge in [-0.3, -0.25) is 9.59 Å². The van der Waals surface area contributed by atoms with Crippen molar-refractivity contribution >= 4 is 11.9 Å². The average molecular weight is 329 g/mol. The molecular weight excluding hydrogens is 306 g/mol. The highest BCUT2D eigenvalue weighted by Crippen LogP contribution is 2.12. The molecule has 0 aliphatic heterocycles. The van der Waals surface area contributed by atoms with Gasteiger partial charge in [-0.25, -0.2) is 0 Å². The van der Waals surface area contributed by atoms with Gasteiger partial charge >= 0.3 is 5.97 Å². The summed E-state index contributed by atoms with van der Waals surface area (Å²) in [5, 5.41) is 12.1. The molecule has 1 aromatic rings. The van der Waals surface area contributed by atoms with Crippen molar-refractivity contribution in [1.82, 2.24) is 10.2 Å². The van der Waals surface area contributed by atoms with Crippen molar-refractivity contribution in [2.24, 2.45) is 0 Å². The van der Waals surface area contributed by atoms with Gasteiger partial charge in [0.2, 0.25) is 0 Å². The Hall–Kier alpha value is -2.81. The standard InChI is InChI=1S/C18H23N3O3/c1-14(2)21(13-15-7-5-4-6-8-15)18(23)16(11-19)12-20-10-9-17(22)24-3/h4-8,12,14,20H,9-10,13H2,1-3H3/b16-12-. The first-order valence-electron chi connectivity index (χ1n) is 7.75. The fourth-order valence-electron chi connectivity index (χ4n) is 2.02. The number of benzene rings is 1. The van der Waals surface area contributed by atoms with Crippen LogP contribution in [0.2, 0.25) is 0 Å². The second-order valence-corrected chi connectivity index (χ2v) is 5.46. The Balaban J connectivity index is 2.76. The van der Waals surface area contributed by atoms with E-state index in [4.69, 9.17) is 0 Å². The SMILES string of the molecule is COC(=O)CCN/C=C(/C#N)C(=O)N(Cc1ccccc1)C(C)C. The summed E-state index contributed by atoms with van der Waals surface area (Å²) in [4.78, 5) is 25.3. The maximum absolute atomic E-state index is 12.6. The first-order chi connectivity index (χ1) is 11.5. The maximum Gasteiger partial charge on any atom is 0.307 e. The molecular formula is C18H23N3O3. The van der Waals surface area contributed by atoms with Crippen LogP contribution in [0.1, 0.15) is 25.8 Å². The molecule has 0 aromatic heterocycles. The van der Waals surface area contributed by atoms with E-state index in [9.17, 15) is 14.9 Å². The molecule has 0 atom stereocenters. The lowest BCUT2D eigenvalue weighted by molar-refractivity contribution is -0.140. The second-order valence-electron chi connectivity index (χ2n) is 5.46. The van der Waals surface area contributed by atoms with Crippen molar-refractivity contribution in [3.05, 3.63) is 47.7 Å². The number of methoxy groups -OCH3 is 1. The molecule has 1 aromatic carbocycles. The quantitative estimate of drug-likeness (QED) is 0.341. The molecule has 1 N–H and O–H groups in total. The Morgan fingerprint density at radius 3 is 2.54 bits per heavy atom. The normalized spacial score (nSPS) is 10.9. The smallest absolute Gasteiger partial charge is 0.307 e. The number of rotatable bonds is 8. The van der Waals surface area contributed by atoms with Gasteiger partial charge in [0.1, 0.15) is 11.6 Å². The van der Waals surface area contributed by atoms with Crippen LogP contribution in [0.25, 0.3) is 0 Å². The third-order valence-electron chi connectivity index (χ3n) is 3.38. The van der Waals surface area contributed by atoms with Crippen molar-refractivity contribution in [1.29, 1.82) is 5.26 Å². The van der Waals surface area contributed by atoms with Gasteiger partial charge in [0, 0.05) is 25.3 Å². The summed E-state index contributed by atoms with van der Waals surface area (Å²) in [6.45, 7) is 4.53. The Labute approximate surface area is 142 Å². The van der Waals surface area contributed by atoms with Crippen molar-refractivity contribution in [3.63, 3.8) is 0 Å². The Morgan fingerprint density at radius 1 is 1.33 bits per heavy atom. The van der Waals surface area contributed by atoms with Crippen LogP contribution in [0.4, 0.5) is 0 Å². The van der Waals surface area contributed by atoms with Crippen LogP contribution in [0.15, 0.2) is 42.1 Å². The lowest BCUT2D eigenvalue weighted by Gasteiger charge is -2.26. The minimum absolute atomic E-state index is 0.00416. The highest BCUT2D eigenvalue weighted by Gasteiger charge is 2.21. The molecule has 0 heterocycles. The Bertz CT molecular complexity index is 618. The molecule has 0 saturated carbocycles. The fourth-order valence-corrected chi connectivity index (χ4v) is 2.02. The molecule has 0 bridgehead atoms. The van der Waals surface area contributed by atoms with Crippen LogP contribution >= 0.6 is 0 Å². The molecule has 0 spiro atoms. The van der Waals surface area contributed by atoms with E-state index in [-0.39, 0.29) is 29.9 Å². The first-order valence-corrected chi connectivity index (χ1v) is 7.75. The monoisotopic (exact) mass is 329 g/mol. The number of ether oxygens (including phenoxy) is 1. The van der Waals surface area contributed by atoms with Crippen molar-refractivity contribution in [3.8, 4) is 6.07 Å². The number of nitrogens with one attached hydrogen (secondary N) is 1. The Kier molecular flexibility index (Phi) is 8.06. The summed E-state index contributed by atoms with van der Waals surface area (Å²) in [5.41, 5.74) is 1.000. The number of esters is 1. The molecule has 0 saturated heterocycles. The van der Waals surface area contributed by atoms with Gasteiger partial charge in [-0.2, -0.15) is 5.26 Å². The molecule has 0 aliphatic rings. The number of hydrogen-bond acceptors (Lipinski definition) is 5. The van der Waals surface area contributed by atoms with E-state index in [2.05, 4.69) is 10.1 Å². The van der Waals surface area contributed by atoms with Crippen molar-refractivity contribution in [2.45, 2.75) is 32.9 Å². The van der Waals surface area contributed by atoms with E-state index in [0.29, 0.717) is 13.1 Å². The summed E-state index contributed by atoms with van der Waals surface area (Å²) in [6.07, 6.45) is 1.52. The lowest BCUT2D eigenvalue weighted by atomic mass is 10.1. The maximum atomic E-state index is 12.6. The van der Waals surface area contributed by atoms with Gasteiger partial charge in [0.25, 0.3) is 5.91 Å². The summed E-state index contributed by atoms with van der Waals surface area (Å²) >= 11 is 0. The molecule has 6 nitrogen and oxygen atoms in total. The van der Waals surface area contributed by atoms with E-state index in [1.807, 2.05) is 50.2 Å².